The molecule has 0 bridgehead atoms. The molecule has 0 fully saturated rings. The smallest absolute Gasteiger partial charge is 0.323 e. The summed E-state index contributed by atoms with van der Waals surface area (Å²) >= 11 is 12.7. The van der Waals surface area contributed by atoms with Gasteiger partial charge in [-0.3, -0.25) is 29.8 Å². The predicted molar refractivity (Wildman–Crippen MR) is 259 cm³/mol. The van der Waals surface area contributed by atoms with E-state index in [1.54, 1.807) is 24.3 Å². The van der Waals surface area contributed by atoms with Crippen molar-refractivity contribution in [3.63, 3.8) is 0 Å². The highest BCUT2D eigenvalue weighted by Crippen LogP contribution is 2.48. The molecule has 0 spiro atoms. The SMILES string of the molecule is NS(=O)(=O)c1ccc2c3c(cc([N+](=O)[O-])c2c1)N(C(=O)c1cc2cc(NC(=O)Nc4ccc5oc(C(=O)N6CC(CCl)c7c6cc([N+](=O)[O-])c6cc(S(N)(=O)=O)ccc76)cc5c4)ccc2o1)CC3CCl. The number of hydrogen-bond donors (Lipinski definition) is 4. The zero-order valence-corrected chi connectivity index (χ0v) is 38.7. The van der Waals surface area contributed by atoms with Gasteiger partial charge in [0.2, 0.25) is 20.0 Å². The molecule has 4 amide bonds. The van der Waals surface area contributed by atoms with Crippen LogP contribution in [0.3, 0.4) is 0 Å². The van der Waals surface area contributed by atoms with Crippen LogP contribution in [-0.2, 0) is 20.0 Å². The molecule has 0 aliphatic carbocycles. The molecular weight excluding hydrogens is 996 g/mol. The number of fused-ring (bicyclic) bond motifs is 8. The molecule has 356 valence electrons. The van der Waals surface area contributed by atoms with E-state index >= 15 is 0 Å². The molecule has 21 nitrogen and oxygen atoms in total. The van der Waals surface area contributed by atoms with Crippen LogP contribution in [0.25, 0.3) is 43.5 Å². The first-order chi connectivity index (χ1) is 33.2. The van der Waals surface area contributed by atoms with Gasteiger partial charge in [0.25, 0.3) is 23.2 Å². The summed E-state index contributed by atoms with van der Waals surface area (Å²) in [5.74, 6) is -2.37. The number of anilines is 4. The number of carbonyl (C=O) groups is 3. The minimum Gasteiger partial charge on any atom is -0.451 e. The molecule has 2 aliphatic rings. The number of alkyl halides is 2. The number of hydrogen-bond acceptors (Lipinski definition) is 13. The zero-order valence-electron chi connectivity index (χ0n) is 35.5. The van der Waals surface area contributed by atoms with Gasteiger partial charge < -0.3 is 29.3 Å². The second kappa shape index (κ2) is 16.8. The number of carbonyl (C=O) groups excluding carboxylic acids is 3. The number of nitro groups is 2. The van der Waals surface area contributed by atoms with Crippen molar-refractivity contribution >= 4 is 139 Å². The lowest BCUT2D eigenvalue weighted by Gasteiger charge is -2.16. The average molecular weight is 1030 g/mol. The van der Waals surface area contributed by atoms with E-state index in [-0.39, 0.29) is 68.3 Å². The quantitative estimate of drug-likeness (QED) is 0.0571. The first-order valence-electron chi connectivity index (χ1n) is 20.7. The molecule has 25 heteroatoms. The third kappa shape index (κ3) is 7.86. The maximum atomic E-state index is 14.1. The highest BCUT2D eigenvalue weighted by molar-refractivity contribution is 7.89. The summed E-state index contributed by atoms with van der Waals surface area (Å²) in [4.78, 5) is 66.5. The molecule has 8 aromatic rings. The Labute approximate surface area is 403 Å². The number of rotatable bonds is 10. The molecule has 0 radical (unpaired) electrons. The van der Waals surface area contributed by atoms with E-state index in [0.29, 0.717) is 55.2 Å². The van der Waals surface area contributed by atoms with Crippen molar-refractivity contribution in [1.82, 2.24) is 0 Å². The topological polar surface area (TPSA) is 315 Å². The minimum absolute atomic E-state index is 0.0168. The Kier molecular flexibility index (Phi) is 11.0. The van der Waals surface area contributed by atoms with Gasteiger partial charge in [-0.15, -0.1) is 23.2 Å². The molecule has 70 heavy (non-hydrogen) atoms. The maximum absolute atomic E-state index is 14.1. The van der Waals surface area contributed by atoms with Crippen molar-refractivity contribution in [3.8, 4) is 0 Å². The summed E-state index contributed by atoms with van der Waals surface area (Å²) in [7, 11) is -8.38. The van der Waals surface area contributed by atoms with Gasteiger partial charge in [-0.2, -0.15) is 0 Å². The van der Waals surface area contributed by atoms with Crippen LogP contribution >= 0.6 is 23.2 Å². The minimum atomic E-state index is -4.19. The monoisotopic (exact) mass is 1030 g/mol. The number of urea groups is 1. The predicted octanol–water partition coefficient (Wildman–Crippen LogP) is 8.21. The van der Waals surface area contributed by atoms with Crippen LogP contribution in [0, 0.1) is 20.2 Å². The van der Waals surface area contributed by atoms with E-state index in [2.05, 4.69) is 10.6 Å². The van der Waals surface area contributed by atoms with Crippen LogP contribution in [0.1, 0.15) is 44.1 Å². The Morgan fingerprint density at radius 3 is 1.36 bits per heavy atom. The van der Waals surface area contributed by atoms with Crippen molar-refractivity contribution in [2.45, 2.75) is 21.6 Å². The Bertz CT molecular complexity index is 3650. The third-order valence-corrected chi connectivity index (χ3v) is 14.9. The number of nitrogens with one attached hydrogen (secondary N) is 2. The van der Waals surface area contributed by atoms with Crippen LogP contribution < -0.4 is 30.7 Å². The van der Waals surface area contributed by atoms with E-state index in [4.69, 9.17) is 42.3 Å². The van der Waals surface area contributed by atoms with Gasteiger partial charge in [-0.05, 0) is 94.7 Å². The van der Waals surface area contributed by atoms with Crippen molar-refractivity contribution in [2.24, 2.45) is 10.3 Å². The summed E-state index contributed by atoms with van der Waals surface area (Å²) in [6.07, 6.45) is 0. The molecular formula is C45H32Cl2N8O13S2. The Morgan fingerprint density at radius 2 is 1.00 bits per heavy atom. The van der Waals surface area contributed by atoms with Gasteiger partial charge in [0, 0.05) is 71.0 Å². The van der Waals surface area contributed by atoms with Gasteiger partial charge in [0.1, 0.15) is 11.2 Å². The van der Waals surface area contributed by atoms with E-state index < -0.39 is 70.9 Å². The first-order valence-corrected chi connectivity index (χ1v) is 24.8. The van der Waals surface area contributed by atoms with E-state index in [1.165, 1.54) is 70.5 Å². The number of nitrogens with two attached hydrogens (primary N) is 2. The fraction of sp³-hybridized carbons (Fsp3) is 0.133. The second-order valence-corrected chi connectivity index (χ2v) is 20.3. The number of sulfonamides is 2. The number of nitrogens with zero attached hydrogens (tertiary/aromatic N) is 4. The lowest BCUT2D eigenvalue weighted by atomic mass is 9.95. The van der Waals surface area contributed by atoms with Gasteiger partial charge in [-0.1, -0.05) is 12.1 Å². The maximum Gasteiger partial charge on any atom is 0.323 e. The molecule has 6 N–H and O–H groups in total. The average Bonchev–Trinajstić information content (AvgIpc) is 4.12. The van der Waals surface area contributed by atoms with Crippen molar-refractivity contribution in [3.05, 3.63) is 140 Å². The van der Waals surface area contributed by atoms with Crippen LogP contribution in [0.4, 0.5) is 38.9 Å². The van der Waals surface area contributed by atoms with Crippen molar-refractivity contribution in [1.29, 1.82) is 0 Å². The fourth-order valence-electron chi connectivity index (χ4n) is 9.22. The number of amides is 4. The van der Waals surface area contributed by atoms with Crippen molar-refractivity contribution in [2.75, 3.05) is 45.3 Å². The fourth-order valence-corrected chi connectivity index (χ4v) is 10.8. The molecule has 2 atom stereocenters. The second-order valence-electron chi connectivity index (χ2n) is 16.5. The first kappa shape index (κ1) is 46.1. The third-order valence-electron chi connectivity index (χ3n) is 12.3. The van der Waals surface area contributed by atoms with Gasteiger partial charge >= 0.3 is 6.03 Å². The number of non-ortho nitro benzene ring substituents is 2. The van der Waals surface area contributed by atoms with E-state index in [0.717, 1.165) is 12.1 Å². The van der Waals surface area contributed by atoms with Crippen LogP contribution in [0.5, 0.6) is 0 Å². The van der Waals surface area contributed by atoms with Gasteiger partial charge in [0.15, 0.2) is 11.5 Å². The standard InChI is InChI=1S/C45H32Cl2N8O13S2/c46-17-23-19-52(35-15-33(54(59)60)31-13-27(69(48,63)64)3-5-29(31)41(23)35)43(56)39-11-21-9-25(1-7-37(21)67-39)50-45(58)51-26-2-8-38-22(10-26)12-40(68-38)44(57)53-20-24(18-47)42-30-6-4-28(70(49,65)66)14-32(30)34(55(61)62)16-36(42)53/h1-16,23-24H,17-20H2,(H2,48,63,64)(H2,49,65,66)(H2,50,51,58). The highest BCUT2D eigenvalue weighted by Gasteiger charge is 2.40. The lowest BCUT2D eigenvalue weighted by molar-refractivity contribution is -0.383. The number of halogens is 2. The van der Waals surface area contributed by atoms with Crippen LogP contribution in [-0.4, -0.2) is 69.4 Å². The summed E-state index contributed by atoms with van der Waals surface area (Å²) < 4.78 is 60.1. The number of nitro benzene ring substituents is 2. The molecule has 2 unspecified atom stereocenters. The highest BCUT2D eigenvalue weighted by atomic mass is 35.5. The van der Waals surface area contributed by atoms with E-state index in [9.17, 15) is 51.4 Å². The number of benzene rings is 6. The lowest BCUT2D eigenvalue weighted by Crippen LogP contribution is -2.29. The molecule has 6 aromatic carbocycles. The Balaban J connectivity index is 0.864. The van der Waals surface area contributed by atoms with Crippen molar-refractivity contribution < 1.29 is 49.9 Å². The molecule has 4 heterocycles. The van der Waals surface area contributed by atoms with Crippen LogP contribution in [0.2, 0.25) is 0 Å². The van der Waals surface area contributed by atoms with Gasteiger partial charge in [-0.25, -0.2) is 31.9 Å². The summed E-state index contributed by atoms with van der Waals surface area (Å²) in [6, 6.07) is 21.5. The zero-order chi connectivity index (χ0) is 49.7. The Morgan fingerprint density at radius 1 is 0.600 bits per heavy atom. The summed E-state index contributed by atoms with van der Waals surface area (Å²) in [5.41, 5.74) is 1.78. The van der Waals surface area contributed by atoms with E-state index in [1.807, 2.05) is 0 Å². The molecule has 0 saturated carbocycles. The largest absolute Gasteiger partial charge is 0.451 e. The normalized spacial score (nSPS) is 15.7. The van der Waals surface area contributed by atoms with Crippen LogP contribution in [0.15, 0.2) is 116 Å². The van der Waals surface area contributed by atoms with Gasteiger partial charge in [0.05, 0.1) is 41.8 Å². The molecule has 10 rings (SSSR count). The summed E-state index contributed by atoms with van der Waals surface area (Å²) in [5, 5.41) is 42.1. The molecule has 0 saturated heterocycles. The molecule has 2 aliphatic heterocycles. The Hall–Kier alpha value is -7.67. The summed E-state index contributed by atoms with van der Waals surface area (Å²) in [6.45, 7) is 0.0811. The number of primary sulfonamides is 2. The number of furan rings is 2. The molecule has 2 aromatic heterocycles.